The van der Waals surface area contributed by atoms with Crippen LogP contribution < -0.4 is 9.80 Å². The summed E-state index contributed by atoms with van der Waals surface area (Å²) in [6.07, 6.45) is 0.258. The maximum absolute atomic E-state index is 13.1. The SMILES string of the molecule is Cc1nc2cc(N3C[C@H](C(=O)N4CCN(c5ccccc5)CC4)CC3=O)ccc2o1. The number of nitrogens with zero attached hydrogens (tertiary/aromatic N) is 4. The van der Waals surface area contributed by atoms with Gasteiger partial charge in [0.25, 0.3) is 0 Å². The van der Waals surface area contributed by atoms with E-state index in [1.807, 2.05) is 41.3 Å². The number of aryl methyl sites for hydroxylation is 1. The van der Waals surface area contributed by atoms with Gasteiger partial charge in [0.15, 0.2) is 11.5 Å². The third-order valence-electron chi connectivity index (χ3n) is 5.98. The van der Waals surface area contributed by atoms with E-state index in [0.717, 1.165) is 24.3 Å². The molecule has 0 unspecified atom stereocenters. The van der Waals surface area contributed by atoms with E-state index in [1.165, 1.54) is 5.69 Å². The van der Waals surface area contributed by atoms with Gasteiger partial charge in [0.1, 0.15) is 5.52 Å². The molecule has 2 saturated heterocycles. The van der Waals surface area contributed by atoms with Crippen LogP contribution in [0.15, 0.2) is 52.9 Å². The van der Waals surface area contributed by atoms with Crippen LogP contribution in [0.2, 0.25) is 0 Å². The number of anilines is 2. The Morgan fingerprint density at radius 2 is 1.80 bits per heavy atom. The molecule has 154 valence electrons. The van der Waals surface area contributed by atoms with E-state index in [2.05, 4.69) is 22.0 Å². The number of carbonyl (C=O) groups excluding carboxylic acids is 2. The fraction of sp³-hybridized carbons (Fsp3) is 0.348. The highest BCUT2D eigenvalue weighted by Gasteiger charge is 2.38. The topological polar surface area (TPSA) is 69.9 Å². The molecular formula is C23H24N4O3. The van der Waals surface area contributed by atoms with Gasteiger partial charge in [0.2, 0.25) is 11.8 Å². The van der Waals surface area contributed by atoms with E-state index < -0.39 is 0 Å². The van der Waals surface area contributed by atoms with Crippen molar-refractivity contribution in [2.24, 2.45) is 5.92 Å². The van der Waals surface area contributed by atoms with Crippen molar-refractivity contribution in [3.05, 3.63) is 54.4 Å². The van der Waals surface area contributed by atoms with Crippen molar-refractivity contribution in [1.82, 2.24) is 9.88 Å². The highest BCUT2D eigenvalue weighted by Crippen LogP contribution is 2.29. The predicted molar refractivity (Wildman–Crippen MR) is 114 cm³/mol. The van der Waals surface area contributed by atoms with Crippen LogP contribution in [0.4, 0.5) is 11.4 Å². The number of benzene rings is 2. The third-order valence-corrected chi connectivity index (χ3v) is 5.98. The average Bonchev–Trinajstić information content (AvgIpc) is 3.35. The van der Waals surface area contributed by atoms with Crippen LogP contribution in [-0.4, -0.2) is 54.4 Å². The lowest BCUT2D eigenvalue weighted by molar-refractivity contribution is -0.136. The second kappa shape index (κ2) is 7.48. The minimum Gasteiger partial charge on any atom is -0.441 e. The fourth-order valence-corrected chi connectivity index (χ4v) is 4.40. The first-order chi connectivity index (χ1) is 14.6. The van der Waals surface area contributed by atoms with Crippen LogP contribution in [-0.2, 0) is 9.59 Å². The zero-order valence-corrected chi connectivity index (χ0v) is 17.0. The van der Waals surface area contributed by atoms with E-state index in [1.54, 1.807) is 11.8 Å². The lowest BCUT2D eigenvalue weighted by Gasteiger charge is -2.37. The lowest BCUT2D eigenvalue weighted by Crippen LogP contribution is -2.50. The van der Waals surface area contributed by atoms with Crippen LogP contribution in [0.25, 0.3) is 11.1 Å². The van der Waals surface area contributed by atoms with Gasteiger partial charge in [0.05, 0.1) is 5.92 Å². The van der Waals surface area contributed by atoms with E-state index in [0.29, 0.717) is 31.1 Å². The Morgan fingerprint density at radius 1 is 1.03 bits per heavy atom. The number of para-hydroxylation sites is 1. The minimum atomic E-state index is -0.296. The van der Waals surface area contributed by atoms with Gasteiger partial charge in [-0.25, -0.2) is 4.98 Å². The van der Waals surface area contributed by atoms with E-state index >= 15 is 0 Å². The van der Waals surface area contributed by atoms with Gasteiger partial charge < -0.3 is 19.1 Å². The molecule has 1 aromatic heterocycles. The number of rotatable bonds is 3. The van der Waals surface area contributed by atoms with Crippen molar-refractivity contribution in [3.63, 3.8) is 0 Å². The van der Waals surface area contributed by atoms with Crippen molar-refractivity contribution < 1.29 is 14.0 Å². The Kier molecular flexibility index (Phi) is 4.65. The van der Waals surface area contributed by atoms with Crippen molar-refractivity contribution in [1.29, 1.82) is 0 Å². The molecule has 0 saturated carbocycles. The van der Waals surface area contributed by atoms with Gasteiger partial charge in [-0.2, -0.15) is 0 Å². The Balaban J connectivity index is 1.24. The van der Waals surface area contributed by atoms with Gasteiger partial charge in [-0.1, -0.05) is 18.2 Å². The van der Waals surface area contributed by atoms with Gasteiger partial charge in [-0.3, -0.25) is 9.59 Å². The second-order valence-electron chi connectivity index (χ2n) is 7.94. The molecule has 5 rings (SSSR count). The van der Waals surface area contributed by atoms with Crippen LogP contribution in [0.5, 0.6) is 0 Å². The Hall–Kier alpha value is -3.35. The largest absolute Gasteiger partial charge is 0.441 e. The smallest absolute Gasteiger partial charge is 0.228 e. The number of oxazole rings is 1. The molecule has 0 radical (unpaired) electrons. The fourth-order valence-electron chi connectivity index (χ4n) is 4.40. The highest BCUT2D eigenvalue weighted by atomic mass is 16.3. The first-order valence-corrected chi connectivity index (χ1v) is 10.3. The molecule has 0 bridgehead atoms. The van der Waals surface area contributed by atoms with Crippen LogP contribution in [0.3, 0.4) is 0 Å². The zero-order valence-electron chi connectivity index (χ0n) is 17.0. The Labute approximate surface area is 174 Å². The summed E-state index contributed by atoms with van der Waals surface area (Å²) in [6.45, 7) is 5.20. The summed E-state index contributed by atoms with van der Waals surface area (Å²) >= 11 is 0. The van der Waals surface area contributed by atoms with Gasteiger partial charge in [-0.05, 0) is 30.3 Å². The van der Waals surface area contributed by atoms with Crippen molar-refractivity contribution >= 4 is 34.3 Å². The zero-order chi connectivity index (χ0) is 20.7. The Morgan fingerprint density at radius 3 is 2.57 bits per heavy atom. The number of piperazine rings is 1. The van der Waals surface area contributed by atoms with E-state index in [-0.39, 0.29) is 24.2 Å². The quantitative estimate of drug-likeness (QED) is 0.671. The lowest BCUT2D eigenvalue weighted by atomic mass is 10.1. The summed E-state index contributed by atoms with van der Waals surface area (Å²) in [5, 5.41) is 0. The van der Waals surface area contributed by atoms with E-state index in [4.69, 9.17) is 4.42 Å². The Bertz CT molecular complexity index is 1090. The molecular weight excluding hydrogens is 380 g/mol. The van der Waals surface area contributed by atoms with Gasteiger partial charge in [0, 0.05) is 57.4 Å². The molecule has 7 heteroatoms. The number of hydrogen-bond donors (Lipinski definition) is 0. The summed E-state index contributed by atoms with van der Waals surface area (Å²) in [4.78, 5) is 36.0. The summed E-state index contributed by atoms with van der Waals surface area (Å²) in [5.74, 6) is 0.362. The predicted octanol–water partition coefficient (Wildman–Crippen LogP) is 2.84. The monoisotopic (exact) mass is 404 g/mol. The molecule has 1 atom stereocenters. The molecule has 0 aliphatic carbocycles. The molecule has 2 aromatic carbocycles. The number of carbonyl (C=O) groups is 2. The molecule has 30 heavy (non-hydrogen) atoms. The first kappa shape index (κ1) is 18.7. The summed E-state index contributed by atoms with van der Waals surface area (Å²) in [6, 6.07) is 15.8. The average molecular weight is 404 g/mol. The standard InChI is InChI=1S/C23H24N4O3/c1-16-24-20-14-19(7-8-21(20)30-16)27-15-17(13-22(27)28)23(29)26-11-9-25(10-12-26)18-5-3-2-4-6-18/h2-8,14,17H,9-13,15H2,1H3/t17-/m1/s1. The summed E-state index contributed by atoms with van der Waals surface area (Å²) < 4.78 is 5.51. The van der Waals surface area contributed by atoms with Crippen LogP contribution in [0, 0.1) is 12.8 Å². The van der Waals surface area contributed by atoms with Gasteiger partial charge in [-0.15, -0.1) is 0 Å². The molecule has 0 N–H and O–H groups in total. The molecule has 2 aliphatic heterocycles. The molecule has 7 nitrogen and oxygen atoms in total. The number of hydrogen-bond acceptors (Lipinski definition) is 5. The second-order valence-corrected chi connectivity index (χ2v) is 7.94. The molecule has 0 spiro atoms. The maximum Gasteiger partial charge on any atom is 0.228 e. The number of aromatic nitrogens is 1. The normalized spacial score (nSPS) is 19.7. The highest BCUT2D eigenvalue weighted by molar-refractivity contribution is 6.01. The molecule has 3 heterocycles. The molecule has 2 amide bonds. The van der Waals surface area contributed by atoms with Crippen molar-refractivity contribution in [2.75, 3.05) is 42.5 Å². The number of amides is 2. The summed E-state index contributed by atoms with van der Waals surface area (Å²) in [5.41, 5.74) is 3.38. The summed E-state index contributed by atoms with van der Waals surface area (Å²) in [7, 11) is 0. The number of fused-ring (bicyclic) bond motifs is 1. The van der Waals surface area contributed by atoms with Crippen molar-refractivity contribution in [3.8, 4) is 0 Å². The van der Waals surface area contributed by atoms with Gasteiger partial charge >= 0.3 is 0 Å². The minimum absolute atomic E-state index is 0.0177. The molecule has 2 fully saturated rings. The van der Waals surface area contributed by atoms with E-state index in [9.17, 15) is 9.59 Å². The first-order valence-electron chi connectivity index (χ1n) is 10.3. The molecule has 2 aliphatic rings. The maximum atomic E-state index is 13.1. The molecule has 3 aromatic rings. The van der Waals surface area contributed by atoms with Crippen molar-refractivity contribution in [2.45, 2.75) is 13.3 Å². The van der Waals surface area contributed by atoms with Crippen LogP contribution >= 0.6 is 0 Å². The third kappa shape index (κ3) is 3.40. The van der Waals surface area contributed by atoms with Crippen LogP contribution in [0.1, 0.15) is 12.3 Å².